The third-order valence-electron chi connectivity index (χ3n) is 2.64. The van der Waals surface area contributed by atoms with Crippen LogP contribution in [0.25, 0.3) is 0 Å². The van der Waals surface area contributed by atoms with E-state index in [9.17, 15) is 9.18 Å². The summed E-state index contributed by atoms with van der Waals surface area (Å²) >= 11 is 0. The van der Waals surface area contributed by atoms with E-state index in [-0.39, 0.29) is 17.6 Å². The van der Waals surface area contributed by atoms with Crippen LogP contribution in [0.4, 0.5) is 10.1 Å². The highest BCUT2D eigenvalue weighted by molar-refractivity contribution is 5.92. The first-order valence-electron chi connectivity index (χ1n) is 5.40. The van der Waals surface area contributed by atoms with E-state index in [2.05, 4.69) is 5.32 Å². The standard InChI is InChI=1S/C12H14FNO2/c13-10-3-5-11(6-4-10)14-12(15)9-2-1-7-16-8-9/h3-6,9H,1-2,7-8H2,(H,14,15). The molecule has 0 spiro atoms. The average Bonchev–Trinajstić information content (AvgIpc) is 2.33. The van der Waals surface area contributed by atoms with E-state index in [0.29, 0.717) is 12.3 Å². The molecule has 86 valence electrons. The number of hydrogen-bond donors (Lipinski definition) is 1. The molecular weight excluding hydrogens is 209 g/mol. The van der Waals surface area contributed by atoms with Gasteiger partial charge in [0, 0.05) is 12.3 Å². The van der Waals surface area contributed by atoms with Gasteiger partial charge in [-0.1, -0.05) is 0 Å². The fourth-order valence-corrected chi connectivity index (χ4v) is 1.73. The van der Waals surface area contributed by atoms with Gasteiger partial charge in [0.25, 0.3) is 0 Å². The lowest BCUT2D eigenvalue weighted by Crippen LogP contribution is -2.30. The monoisotopic (exact) mass is 223 g/mol. The molecule has 0 radical (unpaired) electrons. The van der Waals surface area contributed by atoms with Gasteiger partial charge >= 0.3 is 0 Å². The lowest BCUT2D eigenvalue weighted by Gasteiger charge is -2.21. The average molecular weight is 223 g/mol. The molecule has 1 aliphatic heterocycles. The predicted octanol–water partition coefficient (Wildman–Crippen LogP) is 2.19. The van der Waals surface area contributed by atoms with Crippen molar-refractivity contribution in [1.29, 1.82) is 0 Å². The number of halogens is 1. The van der Waals surface area contributed by atoms with Crippen LogP contribution in [0.2, 0.25) is 0 Å². The highest BCUT2D eigenvalue weighted by atomic mass is 19.1. The molecule has 0 saturated carbocycles. The van der Waals surface area contributed by atoms with E-state index >= 15 is 0 Å². The third-order valence-corrected chi connectivity index (χ3v) is 2.64. The summed E-state index contributed by atoms with van der Waals surface area (Å²) in [6, 6.07) is 5.76. The zero-order valence-electron chi connectivity index (χ0n) is 8.91. The van der Waals surface area contributed by atoms with Crippen molar-refractivity contribution in [2.24, 2.45) is 5.92 Å². The van der Waals surface area contributed by atoms with Gasteiger partial charge in [0.2, 0.25) is 5.91 Å². The minimum absolute atomic E-state index is 0.0497. The van der Waals surface area contributed by atoms with Crippen LogP contribution >= 0.6 is 0 Å². The second-order valence-corrected chi connectivity index (χ2v) is 3.91. The molecule has 1 fully saturated rings. The van der Waals surface area contributed by atoms with E-state index in [0.717, 1.165) is 19.4 Å². The maximum absolute atomic E-state index is 12.6. The van der Waals surface area contributed by atoms with Crippen molar-refractivity contribution in [3.05, 3.63) is 30.1 Å². The summed E-state index contributed by atoms with van der Waals surface area (Å²) in [6.07, 6.45) is 1.77. The number of hydrogen-bond acceptors (Lipinski definition) is 2. The fourth-order valence-electron chi connectivity index (χ4n) is 1.73. The molecule has 0 aliphatic carbocycles. The van der Waals surface area contributed by atoms with Crippen LogP contribution in [0.1, 0.15) is 12.8 Å². The number of nitrogens with one attached hydrogen (secondary N) is 1. The highest BCUT2D eigenvalue weighted by Crippen LogP contribution is 2.16. The number of carbonyl (C=O) groups is 1. The molecule has 1 atom stereocenters. The molecule has 0 bridgehead atoms. The van der Waals surface area contributed by atoms with Crippen LogP contribution in [-0.2, 0) is 9.53 Å². The van der Waals surface area contributed by atoms with Crippen molar-refractivity contribution in [3.8, 4) is 0 Å². The predicted molar refractivity (Wildman–Crippen MR) is 58.6 cm³/mol. The Labute approximate surface area is 93.6 Å². The van der Waals surface area contributed by atoms with Crippen LogP contribution < -0.4 is 5.32 Å². The molecule has 1 saturated heterocycles. The molecule has 1 aromatic rings. The fraction of sp³-hybridized carbons (Fsp3) is 0.417. The normalized spacial score (nSPS) is 20.4. The van der Waals surface area contributed by atoms with Crippen molar-refractivity contribution in [2.75, 3.05) is 18.5 Å². The van der Waals surface area contributed by atoms with Gasteiger partial charge in [-0.15, -0.1) is 0 Å². The molecule has 2 rings (SSSR count). The third kappa shape index (κ3) is 2.79. The summed E-state index contributed by atoms with van der Waals surface area (Å²) in [4.78, 5) is 11.8. The van der Waals surface area contributed by atoms with Crippen LogP contribution in [0.15, 0.2) is 24.3 Å². The van der Waals surface area contributed by atoms with Crippen molar-refractivity contribution in [2.45, 2.75) is 12.8 Å². The van der Waals surface area contributed by atoms with Crippen LogP contribution in [0.3, 0.4) is 0 Å². The quantitative estimate of drug-likeness (QED) is 0.834. The zero-order chi connectivity index (χ0) is 11.4. The molecule has 4 heteroatoms. The van der Waals surface area contributed by atoms with Gasteiger partial charge in [-0.05, 0) is 37.1 Å². The summed E-state index contributed by atoms with van der Waals surface area (Å²) in [5.74, 6) is -0.441. The van der Waals surface area contributed by atoms with Gasteiger partial charge in [-0.25, -0.2) is 4.39 Å². The maximum atomic E-state index is 12.6. The van der Waals surface area contributed by atoms with Crippen molar-refractivity contribution in [3.63, 3.8) is 0 Å². The van der Waals surface area contributed by atoms with Gasteiger partial charge in [0.15, 0.2) is 0 Å². The first kappa shape index (κ1) is 11.1. The maximum Gasteiger partial charge on any atom is 0.229 e. The van der Waals surface area contributed by atoms with Crippen molar-refractivity contribution < 1.29 is 13.9 Å². The number of ether oxygens (including phenoxy) is 1. The minimum Gasteiger partial charge on any atom is -0.381 e. The Morgan fingerprint density at radius 2 is 2.12 bits per heavy atom. The van der Waals surface area contributed by atoms with Crippen LogP contribution in [0, 0.1) is 11.7 Å². The Bertz CT molecular complexity index is 358. The summed E-state index contributed by atoms with van der Waals surface area (Å²) in [5, 5.41) is 2.75. The van der Waals surface area contributed by atoms with Crippen molar-refractivity contribution in [1.82, 2.24) is 0 Å². The molecule has 1 aliphatic rings. The SMILES string of the molecule is O=C(Nc1ccc(F)cc1)C1CCCOC1. The largest absolute Gasteiger partial charge is 0.381 e. The first-order valence-corrected chi connectivity index (χ1v) is 5.40. The summed E-state index contributed by atoms with van der Waals surface area (Å²) in [6.45, 7) is 1.22. The van der Waals surface area contributed by atoms with E-state index in [1.54, 1.807) is 12.1 Å². The topological polar surface area (TPSA) is 38.3 Å². The van der Waals surface area contributed by atoms with Crippen LogP contribution in [0.5, 0.6) is 0 Å². The van der Waals surface area contributed by atoms with E-state index in [1.807, 2.05) is 0 Å². The number of rotatable bonds is 2. The van der Waals surface area contributed by atoms with Gasteiger partial charge in [-0.3, -0.25) is 4.79 Å². The lowest BCUT2D eigenvalue weighted by atomic mass is 10.0. The Balaban J connectivity index is 1.93. The van der Waals surface area contributed by atoms with Gasteiger partial charge in [0.1, 0.15) is 5.82 Å². The Morgan fingerprint density at radius 3 is 2.75 bits per heavy atom. The molecule has 1 amide bonds. The lowest BCUT2D eigenvalue weighted by molar-refractivity contribution is -0.123. The zero-order valence-corrected chi connectivity index (χ0v) is 8.91. The number of benzene rings is 1. The molecule has 1 unspecified atom stereocenters. The first-order chi connectivity index (χ1) is 7.75. The number of carbonyl (C=O) groups excluding carboxylic acids is 1. The van der Waals surface area contributed by atoms with E-state index < -0.39 is 0 Å². The Hall–Kier alpha value is -1.42. The number of amides is 1. The molecule has 0 aromatic heterocycles. The minimum atomic E-state index is -0.306. The van der Waals surface area contributed by atoms with E-state index in [1.165, 1.54) is 12.1 Å². The summed E-state index contributed by atoms with van der Waals surface area (Å²) in [5.41, 5.74) is 0.622. The second-order valence-electron chi connectivity index (χ2n) is 3.91. The van der Waals surface area contributed by atoms with Gasteiger partial charge in [0.05, 0.1) is 12.5 Å². The second kappa shape index (κ2) is 5.07. The van der Waals surface area contributed by atoms with Crippen LogP contribution in [-0.4, -0.2) is 19.1 Å². The molecule has 1 N–H and O–H groups in total. The van der Waals surface area contributed by atoms with Crippen molar-refractivity contribution >= 4 is 11.6 Å². The van der Waals surface area contributed by atoms with Gasteiger partial charge < -0.3 is 10.1 Å². The molecule has 16 heavy (non-hydrogen) atoms. The summed E-state index contributed by atoms with van der Waals surface area (Å²) in [7, 11) is 0. The number of anilines is 1. The molecule has 1 aromatic carbocycles. The highest BCUT2D eigenvalue weighted by Gasteiger charge is 2.21. The Morgan fingerprint density at radius 1 is 1.38 bits per heavy atom. The molecule has 3 nitrogen and oxygen atoms in total. The summed E-state index contributed by atoms with van der Waals surface area (Å²) < 4.78 is 17.9. The Kier molecular flexibility index (Phi) is 3.51. The molecular formula is C12H14FNO2. The van der Waals surface area contributed by atoms with Gasteiger partial charge in [-0.2, -0.15) is 0 Å². The molecule has 1 heterocycles. The smallest absolute Gasteiger partial charge is 0.229 e. The van der Waals surface area contributed by atoms with E-state index in [4.69, 9.17) is 4.74 Å².